The van der Waals surface area contributed by atoms with Gasteiger partial charge in [-0.2, -0.15) is 13.0 Å². The van der Waals surface area contributed by atoms with Gasteiger partial charge >= 0.3 is 5.97 Å². The first-order chi connectivity index (χ1) is 21.1. The first-order valence-electron chi connectivity index (χ1n) is 13.9. The number of hydrogen-bond acceptors (Lipinski definition) is 13. The first kappa shape index (κ1) is 34.9. The molecule has 45 heavy (non-hydrogen) atoms. The van der Waals surface area contributed by atoms with Crippen molar-refractivity contribution < 1.29 is 64.4 Å². The molecule has 0 aromatic heterocycles. The van der Waals surface area contributed by atoms with E-state index in [1.54, 1.807) is 12.1 Å². The van der Waals surface area contributed by atoms with Crippen LogP contribution in [0.3, 0.4) is 0 Å². The monoisotopic (exact) mass is 688 g/mol. The summed E-state index contributed by atoms with van der Waals surface area (Å²) in [4.78, 5) is 40.3. The van der Waals surface area contributed by atoms with Gasteiger partial charge in [-0.05, 0) is 48.7 Å². The lowest BCUT2D eigenvalue weighted by Crippen LogP contribution is -2.32. The molecular weight excluding hydrogens is 656 g/mol. The maximum absolute atomic E-state index is 12.2. The van der Waals surface area contributed by atoms with E-state index in [1.807, 2.05) is 18.4 Å². The van der Waals surface area contributed by atoms with Gasteiger partial charge in [0.25, 0.3) is 21.9 Å². The molecule has 2 heterocycles. The molecule has 2 N–H and O–H groups in total. The Balaban J connectivity index is 1.64. The second-order valence-corrected chi connectivity index (χ2v) is 14.7. The Hall–Kier alpha value is -2.97. The van der Waals surface area contributed by atoms with Crippen LogP contribution in [0.4, 0.5) is 5.69 Å². The number of nitrogens with zero attached hydrogens (tertiary/aromatic N) is 2. The number of carbonyl (C=O) groups excluding carboxylic acids is 3. The van der Waals surface area contributed by atoms with Crippen molar-refractivity contribution in [1.29, 1.82) is 0 Å². The van der Waals surface area contributed by atoms with Gasteiger partial charge in [-0.25, -0.2) is 18.5 Å². The summed E-state index contributed by atoms with van der Waals surface area (Å²) in [7, 11) is -9.15. The van der Waals surface area contributed by atoms with Crippen LogP contribution in [-0.2, 0) is 54.2 Å². The third-order valence-electron chi connectivity index (χ3n) is 8.08. The fourth-order valence-corrected chi connectivity index (χ4v) is 7.46. The summed E-state index contributed by atoms with van der Waals surface area (Å²) in [6.45, 7) is 3.97. The van der Waals surface area contributed by atoms with Gasteiger partial charge < -0.3 is 9.39 Å². The number of carbonyl (C=O) groups is 3. The fourth-order valence-electron chi connectivity index (χ4n) is 5.82. The van der Waals surface area contributed by atoms with E-state index >= 15 is 0 Å². The molecule has 2 aliphatic heterocycles. The Morgan fingerprint density at radius 2 is 1.76 bits per heavy atom. The average molecular weight is 689 g/mol. The van der Waals surface area contributed by atoms with Crippen molar-refractivity contribution in [1.82, 2.24) is 5.06 Å². The van der Waals surface area contributed by atoms with Crippen molar-refractivity contribution in [3.8, 4) is 0 Å². The Morgan fingerprint density at radius 3 is 2.38 bits per heavy atom. The molecule has 2 aliphatic rings. The van der Waals surface area contributed by atoms with E-state index in [0.717, 1.165) is 11.8 Å². The lowest BCUT2D eigenvalue weighted by molar-refractivity contribution is -0.438. The van der Waals surface area contributed by atoms with Gasteiger partial charge in [0.05, 0.1) is 32.5 Å². The SMILES string of the molecule is CC1=[N+](CCCS(=O)(=O)[O-])c2ccc3c(SOOO)cc(S(=O)(=O)O)cc3c2C1(C)CCCCCC(=O)ON1C(=O)CCC1=O. The molecule has 2 amide bonds. The maximum Gasteiger partial charge on any atom is 0.333 e. The molecule has 1 atom stereocenters. The number of fused-ring (bicyclic) bond motifs is 3. The van der Waals surface area contributed by atoms with Crippen molar-refractivity contribution >= 4 is 72.2 Å². The zero-order valence-electron chi connectivity index (χ0n) is 24.4. The summed E-state index contributed by atoms with van der Waals surface area (Å²) in [6, 6.07) is 5.94. The molecule has 4 rings (SSSR count). The molecule has 246 valence electrons. The summed E-state index contributed by atoms with van der Waals surface area (Å²) < 4.78 is 74.7. The van der Waals surface area contributed by atoms with E-state index in [4.69, 9.17) is 10.1 Å². The van der Waals surface area contributed by atoms with Crippen LogP contribution < -0.4 is 0 Å². The molecular formula is C27H32N2O13S3. The molecule has 1 fully saturated rings. The van der Waals surface area contributed by atoms with Crippen molar-refractivity contribution in [2.45, 2.75) is 80.4 Å². The van der Waals surface area contributed by atoms with Crippen LogP contribution in [-0.4, -0.2) is 76.6 Å². The van der Waals surface area contributed by atoms with Gasteiger partial charge in [-0.1, -0.05) is 17.9 Å². The highest BCUT2D eigenvalue weighted by Gasteiger charge is 2.47. The topological polar surface area (TPSA) is 217 Å². The molecule has 1 saturated heterocycles. The average Bonchev–Trinajstić information content (AvgIpc) is 3.38. The lowest BCUT2D eigenvalue weighted by atomic mass is 9.74. The van der Waals surface area contributed by atoms with E-state index in [9.17, 15) is 40.3 Å². The summed E-state index contributed by atoms with van der Waals surface area (Å²) in [5.74, 6) is -2.41. The van der Waals surface area contributed by atoms with E-state index in [0.29, 0.717) is 64.8 Å². The van der Waals surface area contributed by atoms with Gasteiger partial charge in [0.1, 0.15) is 6.54 Å². The highest BCUT2D eigenvalue weighted by atomic mass is 32.2. The molecule has 0 spiro atoms. The largest absolute Gasteiger partial charge is 0.748 e. The van der Waals surface area contributed by atoms with Gasteiger partial charge in [-0.3, -0.25) is 14.1 Å². The molecule has 15 nitrogen and oxygen atoms in total. The molecule has 0 bridgehead atoms. The molecule has 0 aliphatic carbocycles. The molecule has 2 aromatic carbocycles. The molecule has 0 radical (unpaired) electrons. The van der Waals surface area contributed by atoms with E-state index in [1.165, 1.54) is 6.07 Å². The summed E-state index contributed by atoms with van der Waals surface area (Å²) in [5.41, 5.74) is 1.39. The van der Waals surface area contributed by atoms with Gasteiger partial charge in [-0.15, -0.1) is 9.40 Å². The third-order valence-corrected chi connectivity index (χ3v) is 10.3. The summed E-state index contributed by atoms with van der Waals surface area (Å²) >= 11 is 0.524. The minimum Gasteiger partial charge on any atom is -0.748 e. The minimum absolute atomic E-state index is 0.00539. The molecule has 18 heteroatoms. The summed E-state index contributed by atoms with van der Waals surface area (Å²) in [6.07, 6.45) is 2.00. The van der Waals surface area contributed by atoms with E-state index < -0.39 is 54.1 Å². The predicted molar refractivity (Wildman–Crippen MR) is 157 cm³/mol. The predicted octanol–water partition coefficient (Wildman–Crippen LogP) is 3.38. The third kappa shape index (κ3) is 7.89. The van der Waals surface area contributed by atoms with Crippen molar-refractivity contribution in [2.24, 2.45) is 0 Å². The van der Waals surface area contributed by atoms with Gasteiger partial charge in [0.2, 0.25) is 5.69 Å². The number of rotatable bonds is 15. The standard InChI is InChI=1S/C27H32N2O13S3/c1-17-27(2,12-5-3-4-7-25(32)40-29-23(30)10-11-24(29)31)26-20-15-18(45(37,38)39)16-22(43-42-41-33)19(20)8-9-21(26)28(17)13-6-14-44(34,35)36/h8-9,15-16H,3-7,10-14H2,1-2H3,(H2-,33,34,35,36,37,38,39). The number of benzene rings is 2. The zero-order valence-corrected chi connectivity index (χ0v) is 26.8. The van der Waals surface area contributed by atoms with Crippen LogP contribution in [0.25, 0.3) is 10.8 Å². The van der Waals surface area contributed by atoms with Crippen molar-refractivity contribution in [3.63, 3.8) is 0 Å². The lowest BCUT2D eigenvalue weighted by Gasteiger charge is -2.24. The van der Waals surface area contributed by atoms with Crippen LogP contribution in [0, 0.1) is 0 Å². The van der Waals surface area contributed by atoms with Crippen LogP contribution in [0.5, 0.6) is 0 Å². The quantitative estimate of drug-likeness (QED) is 0.0522. The van der Waals surface area contributed by atoms with Crippen LogP contribution >= 0.6 is 12.0 Å². The fraction of sp³-hybridized carbons (Fsp3) is 0.481. The highest BCUT2D eigenvalue weighted by molar-refractivity contribution is 7.94. The van der Waals surface area contributed by atoms with E-state index in [2.05, 4.69) is 9.37 Å². The summed E-state index contributed by atoms with van der Waals surface area (Å²) in [5, 5.41) is 13.8. The van der Waals surface area contributed by atoms with Crippen LogP contribution in [0.1, 0.15) is 70.8 Å². The Labute approximate surface area is 263 Å². The Bertz CT molecular complexity index is 1760. The van der Waals surface area contributed by atoms with Crippen molar-refractivity contribution in [2.75, 3.05) is 12.3 Å². The van der Waals surface area contributed by atoms with Gasteiger partial charge in [0.15, 0.2) is 5.71 Å². The number of amides is 2. The highest BCUT2D eigenvalue weighted by Crippen LogP contribution is 2.48. The molecule has 2 aromatic rings. The first-order valence-corrected chi connectivity index (χ1v) is 17.7. The number of unbranched alkanes of at least 4 members (excludes halogenated alkanes) is 2. The van der Waals surface area contributed by atoms with Crippen LogP contribution in [0.2, 0.25) is 0 Å². The normalized spacial score (nSPS) is 18.7. The Morgan fingerprint density at radius 1 is 1.07 bits per heavy atom. The zero-order chi connectivity index (χ0) is 33.2. The molecule has 1 unspecified atom stereocenters. The second kappa shape index (κ2) is 13.8. The minimum atomic E-state index is -4.69. The Kier molecular flexibility index (Phi) is 10.7. The van der Waals surface area contributed by atoms with Gasteiger partial charge in [0, 0.05) is 54.9 Å². The molecule has 0 saturated carbocycles. The smallest absolute Gasteiger partial charge is 0.333 e. The maximum atomic E-state index is 12.2. The number of hydroxylamine groups is 2. The number of hydrogen-bond donors (Lipinski definition) is 2. The number of imide groups is 1. The second-order valence-electron chi connectivity index (χ2n) is 11.0. The van der Waals surface area contributed by atoms with Crippen LogP contribution in [0.15, 0.2) is 34.1 Å². The van der Waals surface area contributed by atoms with Crippen molar-refractivity contribution in [3.05, 3.63) is 29.8 Å². The van der Waals surface area contributed by atoms with E-state index in [-0.39, 0.29) is 37.1 Å².